The first-order chi connectivity index (χ1) is 15.7. The molecule has 0 amide bonds. The summed E-state index contributed by atoms with van der Waals surface area (Å²) < 4.78 is 3.50. The van der Waals surface area contributed by atoms with Crippen LogP contribution in [0.15, 0.2) is 12.7 Å². The molecule has 0 aromatic carbocycles. The van der Waals surface area contributed by atoms with Gasteiger partial charge in [-0.15, -0.1) is 10.2 Å². The van der Waals surface area contributed by atoms with Crippen molar-refractivity contribution in [2.24, 2.45) is 10.8 Å². The average Bonchev–Trinajstić information content (AvgIpc) is 3.41. The normalized spacial score (nSPS) is 11.8. The zero-order valence-electron chi connectivity index (χ0n) is 19.9. The van der Waals surface area contributed by atoms with Crippen molar-refractivity contribution in [3.8, 4) is 0 Å². The zero-order chi connectivity index (χ0) is 24.2. The number of hydrogen-bond acceptors (Lipinski definition) is 8. The fourth-order valence-electron chi connectivity index (χ4n) is 3.19. The van der Waals surface area contributed by atoms with Gasteiger partial charge in [-0.3, -0.25) is 0 Å². The van der Waals surface area contributed by atoms with E-state index in [1.807, 2.05) is 0 Å². The van der Waals surface area contributed by atoms with Crippen molar-refractivity contribution >= 4 is 34.7 Å². The van der Waals surface area contributed by atoms with Crippen molar-refractivity contribution in [2.45, 2.75) is 60.0 Å². The molecule has 0 bridgehead atoms. The maximum absolute atomic E-state index is 5.36. The second-order valence-corrected chi connectivity index (χ2v) is 10.4. The minimum Gasteiger partial charge on any atom is -0.363 e. The SMILES string of the molecule is CC(C)(CCNC(=S)NCCCNC(=S)NCCC(C)(C)Cn1cnnn1)Cn1cnnn1. The summed E-state index contributed by atoms with van der Waals surface area (Å²) in [5.41, 5.74) is 0.126. The first-order valence-electron chi connectivity index (χ1n) is 11.1. The Hall–Kier alpha value is -2.48. The van der Waals surface area contributed by atoms with Gasteiger partial charge in [0.25, 0.3) is 0 Å². The van der Waals surface area contributed by atoms with Crippen molar-refractivity contribution < 1.29 is 0 Å². The van der Waals surface area contributed by atoms with Crippen molar-refractivity contribution in [3.63, 3.8) is 0 Å². The molecular weight excluding hydrogens is 460 g/mol. The summed E-state index contributed by atoms with van der Waals surface area (Å²) in [7, 11) is 0. The number of rotatable bonds is 14. The fraction of sp³-hybridized carbons (Fsp3) is 0.789. The Labute approximate surface area is 206 Å². The topological polar surface area (TPSA) is 135 Å². The van der Waals surface area contributed by atoms with E-state index in [4.69, 9.17) is 24.4 Å². The molecule has 0 saturated carbocycles. The third-order valence-electron chi connectivity index (χ3n) is 5.06. The second kappa shape index (κ2) is 13.3. The van der Waals surface area contributed by atoms with Gasteiger partial charge in [0.1, 0.15) is 12.7 Å². The highest BCUT2D eigenvalue weighted by molar-refractivity contribution is 7.80. The van der Waals surface area contributed by atoms with Crippen LogP contribution in [0.25, 0.3) is 0 Å². The second-order valence-electron chi connectivity index (χ2n) is 9.56. The summed E-state index contributed by atoms with van der Waals surface area (Å²) >= 11 is 10.7. The van der Waals surface area contributed by atoms with E-state index in [-0.39, 0.29) is 10.8 Å². The molecule has 4 N–H and O–H groups in total. The maximum atomic E-state index is 5.36. The van der Waals surface area contributed by atoms with E-state index in [0.717, 1.165) is 58.5 Å². The molecule has 14 heteroatoms. The number of nitrogens with zero attached hydrogens (tertiary/aromatic N) is 8. The van der Waals surface area contributed by atoms with E-state index in [9.17, 15) is 0 Å². The minimum absolute atomic E-state index is 0.0629. The molecule has 0 fully saturated rings. The van der Waals surface area contributed by atoms with Crippen LogP contribution in [0.4, 0.5) is 0 Å². The highest BCUT2D eigenvalue weighted by Crippen LogP contribution is 2.22. The largest absolute Gasteiger partial charge is 0.363 e. The third kappa shape index (κ3) is 11.8. The number of thiocarbonyl (C=S) groups is 2. The van der Waals surface area contributed by atoms with Crippen LogP contribution in [0.5, 0.6) is 0 Å². The predicted octanol–water partition coefficient (Wildman–Crippen LogP) is 0.511. The van der Waals surface area contributed by atoms with Gasteiger partial charge in [-0.25, -0.2) is 9.36 Å². The third-order valence-corrected chi connectivity index (χ3v) is 5.64. The molecular formula is C19H36N12S2. The van der Waals surface area contributed by atoms with Gasteiger partial charge in [0.2, 0.25) is 0 Å². The monoisotopic (exact) mass is 496 g/mol. The highest BCUT2D eigenvalue weighted by atomic mass is 32.1. The van der Waals surface area contributed by atoms with E-state index in [1.54, 1.807) is 22.0 Å². The molecule has 0 saturated heterocycles. The number of hydrogen-bond donors (Lipinski definition) is 4. The molecule has 0 aliphatic rings. The van der Waals surface area contributed by atoms with Crippen LogP contribution in [0.3, 0.4) is 0 Å². The Balaban J connectivity index is 1.46. The van der Waals surface area contributed by atoms with Crippen LogP contribution in [-0.2, 0) is 13.1 Å². The highest BCUT2D eigenvalue weighted by Gasteiger charge is 2.20. The molecule has 2 aromatic rings. The van der Waals surface area contributed by atoms with Crippen molar-refractivity contribution in [1.29, 1.82) is 0 Å². The summed E-state index contributed by atoms with van der Waals surface area (Å²) in [6.07, 6.45) is 6.07. The lowest BCUT2D eigenvalue weighted by Crippen LogP contribution is -2.40. The van der Waals surface area contributed by atoms with Gasteiger partial charge in [-0.05, 0) is 75.4 Å². The molecule has 2 heterocycles. The Morgan fingerprint density at radius 2 is 1.09 bits per heavy atom. The van der Waals surface area contributed by atoms with Crippen LogP contribution < -0.4 is 21.3 Å². The van der Waals surface area contributed by atoms with E-state index in [0.29, 0.717) is 10.2 Å². The molecule has 0 aliphatic heterocycles. The van der Waals surface area contributed by atoms with Crippen LogP contribution in [-0.4, -0.2) is 76.8 Å². The van der Waals surface area contributed by atoms with E-state index >= 15 is 0 Å². The van der Waals surface area contributed by atoms with Crippen molar-refractivity contribution in [2.75, 3.05) is 26.2 Å². The van der Waals surface area contributed by atoms with Crippen LogP contribution in [0.2, 0.25) is 0 Å². The van der Waals surface area contributed by atoms with Gasteiger partial charge in [0.05, 0.1) is 0 Å². The molecule has 33 heavy (non-hydrogen) atoms. The molecule has 0 aliphatic carbocycles. The molecule has 12 nitrogen and oxygen atoms in total. The molecule has 2 aromatic heterocycles. The van der Waals surface area contributed by atoms with E-state index in [1.165, 1.54) is 0 Å². The molecule has 2 rings (SSSR count). The van der Waals surface area contributed by atoms with Crippen molar-refractivity contribution in [3.05, 3.63) is 12.7 Å². The summed E-state index contributed by atoms with van der Waals surface area (Å²) in [6, 6.07) is 0. The summed E-state index contributed by atoms with van der Waals surface area (Å²) in [4.78, 5) is 0. The Morgan fingerprint density at radius 1 is 0.697 bits per heavy atom. The van der Waals surface area contributed by atoms with Gasteiger partial charge >= 0.3 is 0 Å². The Bertz CT molecular complexity index is 752. The lowest BCUT2D eigenvalue weighted by Gasteiger charge is -2.24. The minimum atomic E-state index is 0.0629. The van der Waals surface area contributed by atoms with Gasteiger partial charge in [0.15, 0.2) is 10.2 Å². The summed E-state index contributed by atoms with van der Waals surface area (Å²) in [6.45, 7) is 13.4. The summed E-state index contributed by atoms with van der Waals surface area (Å²) in [5.74, 6) is 0. The predicted molar refractivity (Wildman–Crippen MR) is 134 cm³/mol. The average molecular weight is 497 g/mol. The fourth-order valence-corrected chi connectivity index (χ4v) is 3.59. The van der Waals surface area contributed by atoms with Crippen molar-refractivity contribution in [1.82, 2.24) is 61.7 Å². The zero-order valence-corrected chi connectivity index (χ0v) is 21.5. The van der Waals surface area contributed by atoms with Crippen LogP contribution in [0, 0.1) is 10.8 Å². The standard InChI is InChI=1S/C19H36N12S2/c1-18(2,12-30-14-24-26-28-30)6-10-22-16(32)20-8-5-9-21-17(33)23-11-7-19(3,4)13-31-15-25-27-29-31/h14-15H,5-13H2,1-4H3,(H2,20,22,32)(H2,21,23,33). The number of aromatic nitrogens is 8. The maximum Gasteiger partial charge on any atom is 0.166 e. The van der Waals surface area contributed by atoms with E-state index < -0.39 is 0 Å². The van der Waals surface area contributed by atoms with Crippen LogP contribution in [0.1, 0.15) is 47.0 Å². The Morgan fingerprint density at radius 3 is 1.45 bits per heavy atom. The van der Waals surface area contributed by atoms with Gasteiger partial charge in [-0.1, -0.05) is 27.7 Å². The molecule has 0 radical (unpaired) electrons. The lowest BCUT2D eigenvalue weighted by atomic mass is 9.89. The Kier molecular flexibility index (Phi) is 10.8. The number of tetrazole rings is 2. The smallest absolute Gasteiger partial charge is 0.166 e. The van der Waals surface area contributed by atoms with Gasteiger partial charge < -0.3 is 21.3 Å². The number of nitrogens with one attached hydrogen (secondary N) is 4. The van der Waals surface area contributed by atoms with E-state index in [2.05, 4.69) is 80.0 Å². The molecule has 0 spiro atoms. The first-order valence-corrected chi connectivity index (χ1v) is 11.9. The first kappa shape index (κ1) is 26.8. The lowest BCUT2D eigenvalue weighted by molar-refractivity contribution is 0.267. The summed E-state index contributed by atoms with van der Waals surface area (Å²) in [5, 5.41) is 36.9. The van der Waals surface area contributed by atoms with Crippen LogP contribution >= 0.6 is 24.4 Å². The van der Waals surface area contributed by atoms with Gasteiger partial charge in [-0.2, -0.15) is 0 Å². The quantitative estimate of drug-likeness (QED) is 0.214. The molecule has 0 unspecified atom stereocenters. The molecule has 184 valence electrons. The van der Waals surface area contributed by atoms with Gasteiger partial charge in [0, 0.05) is 39.3 Å². The molecule has 0 atom stereocenters.